The number of rotatable bonds is 14. The van der Waals surface area contributed by atoms with Gasteiger partial charge in [-0.25, -0.2) is 0 Å². The summed E-state index contributed by atoms with van der Waals surface area (Å²) >= 11 is 0. The molecular formula is C33H34N2O4. The molecule has 200 valence electrons. The summed E-state index contributed by atoms with van der Waals surface area (Å²) < 4.78 is 5.94. The van der Waals surface area contributed by atoms with Crippen LogP contribution in [-0.4, -0.2) is 28.6 Å². The monoisotopic (exact) mass is 522 g/mol. The first-order valence-electron chi connectivity index (χ1n) is 13.4. The number of carboxylic acids is 1. The Labute approximate surface area is 229 Å². The average Bonchev–Trinajstić information content (AvgIpc) is 2.97. The SMILES string of the molecule is O=C(O)CCCCCOc1ccccc1CNC(=O)c1ccc(-c2ccccc2)c(CCc2ccccn2)c1. The van der Waals surface area contributed by atoms with Crippen LogP contribution in [0.3, 0.4) is 0 Å². The van der Waals surface area contributed by atoms with Crippen LogP contribution in [0.1, 0.15) is 52.9 Å². The third-order valence-electron chi connectivity index (χ3n) is 6.53. The highest BCUT2D eigenvalue weighted by molar-refractivity contribution is 5.95. The van der Waals surface area contributed by atoms with E-state index in [1.165, 1.54) is 0 Å². The highest BCUT2D eigenvalue weighted by atomic mass is 16.5. The fraction of sp³-hybridized carbons (Fsp3) is 0.242. The molecule has 2 N–H and O–H groups in total. The maximum atomic E-state index is 13.2. The first kappa shape index (κ1) is 27.6. The van der Waals surface area contributed by atoms with E-state index in [9.17, 15) is 9.59 Å². The van der Waals surface area contributed by atoms with Crippen molar-refractivity contribution in [2.75, 3.05) is 6.61 Å². The molecule has 6 heteroatoms. The number of carbonyl (C=O) groups excluding carboxylic acids is 1. The molecule has 0 radical (unpaired) electrons. The minimum absolute atomic E-state index is 0.142. The van der Waals surface area contributed by atoms with Crippen molar-refractivity contribution in [2.24, 2.45) is 0 Å². The molecule has 0 unspecified atom stereocenters. The second-order valence-electron chi connectivity index (χ2n) is 9.40. The van der Waals surface area contributed by atoms with E-state index in [0.29, 0.717) is 25.1 Å². The lowest BCUT2D eigenvalue weighted by atomic mass is 9.94. The van der Waals surface area contributed by atoms with Crippen molar-refractivity contribution in [3.8, 4) is 16.9 Å². The van der Waals surface area contributed by atoms with Gasteiger partial charge in [0.1, 0.15) is 5.75 Å². The number of para-hydroxylation sites is 1. The zero-order valence-corrected chi connectivity index (χ0v) is 22.0. The molecule has 1 aromatic heterocycles. The Bertz CT molecular complexity index is 1360. The molecule has 1 amide bonds. The summed E-state index contributed by atoms with van der Waals surface area (Å²) in [4.78, 5) is 28.3. The van der Waals surface area contributed by atoms with E-state index in [1.54, 1.807) is 6.20 Å². The topological polar surface area (TPSA) is 88.5 Å². The Hall–Kier alpha value is -4.45. The van der Waals surface area contributed by atoms with Crippen molar-refractivity contribution in [2.45, 2.75) is 45.1 Å². The van der Waals surface area contributed by atoms with Gasteiger partial charge in [0.2, 0.25) is 0 Å². The number of nitrogens with one attached hydrogen (secondary N) is 1. The van der Waals surface area contributed by atoms with E-state index in [4.69, 9.17) is 9.84 Å². The summed E-state index contributed by atoms with van der Waals surface area (Å²) in [7, 11) is 0. The van der Waals surface area contributed by atoms with Crippen LogP contribution in [0.25, 0.3) is 11.1 Å². The number of carbonyl (C=O) groups is 2. The zero-order valence-electron chi connectivity index (χ0n) is 22.0. The Morgan fingerprint density at radius 1 is 0.795 bits per heavy atom. The average molecular weight is 523 g/mol. The lowest BCUT2D eigenvalue weighted by Gasteiger charge is -2.14. The first-order valence-corrected chi connectivity index (χ1v) is 13.4. The molecule has 4 aromatic rings. The van der Waals surface area contributed by atoms with Crippen LogP contribution in [0.4, 0.5) is 0 Å². The Kier molecular flexibility index (Phi) is 10.2. The number of aromatic nitrogens is 1. The van der Waals surface area contributed by atoms with Gasteiger partial charge in [-0.3, -0.25) is 14.6 Å². The second kappa shape index (κ2) is 14.5. The van der Waals surface area contributed by atoms with Gasteiger partial charge in [-0.2, -0.15) is 0 Å². The van der Waals surface area contributed by atoms with Crippen LogP contribution in [0, 0.1) is 0 Å². The molecule has 1 heterocycles. The number of pyridine rings is 1. The number of aryl methyl sites for hydroxylation is 2. The molecule has 0 aliphatic rings. The lowest BCUT2D eigenvalue weighted by Crippen LogP contribution is -2.23. The minimum atomic E-state index is -0.771. The second-order valence-corrected chi connectivity index (χ2v) is 9.40. The van der Waals surface area contributed by atoms with Gasteiger partial charge in [0.05, 0.1) is 6.61 Å². The third kappa shape index (κ3) is 8.54. The van der Waals surface area contributed by atoms with Crippen molar-refractivity contribution in [1.29, 1.82) is 0 Å². The van der Waals surface area contributed by atoms with Gasteiger partial charge in [0.15, 0.2) is 0 Å². The summed E-state index contributed by atoms with van der Waals surface area (Å²) in [5, 5.41) is 11.8. The number of aliphatic carboxylic acids is 1. The molecule has 0 aliphatic heterocycles. The van der Waals surface area contributed by atoms with E-state index in [2.05, 4.69) is 22.4 Å². The van der Waals surface area contributed by atoms with E-state index < -0.39 is 5.97 Å². The normalized spacial score (nSPS) is 10.7. The van der Waals surface area contributed by atoms with Gasteiger partial charge in [0.25, 0.3) is 5.91 Å². The van der Waals surface area contributed by atoms with E-state index in [-0.39, 0.29) is 12.3 Å². The van der Waals surface area contributed by atoms with Crippen molar-refractivity contribution in [3.05, 3.63) is 120 Å². The molecule has 0 saturated carbocycles. The number of ether oxygens (including phenoxy) is 1. The molecule has 0 spiro atoms. The van der Waals surface area contributed by atoms with Crippen molar-refractivity contribution in [1.82, 2.24) is 10.3 Å². The number of carboxylic acid groups (broad SMARTS) is 1. The maximum Gasteiger partial charge on any atom is 0.303 e. The van der Waals surface area contributed by atoms with Crippen LogP contribution in [0.2, 0.25) is 0 Å². The van der Waals surface area contributed by atoms with Gasteiger partial charge in [-0.15, -0.1) is 0 Å². The predicted octanol–water partition coefficient (Wildman–Crippen LogP) is 6.49. The molecule has 0 atom stereocenters. The standard InChI is InChI=1S/C33H34N2O4/c36-32(37)16-5-2-10-22-39-31-15-7-6-13-28(31)24-35-33(38)27-18-20-30(25-11-3-1-4-12-25)26(23-27)17-19-29-14-8-9-21-34-29/h1,3-4,6-9,11-15,18,20-21,23H,2,5,10,16-17,19,22,24H2,(H,35,38)(H,36,37). The van der Waals surface area contributed by atoms with Crippen LogP contribution in [0.5, 0.6) is 5.75 Å². The highest BCUT2D eigenvalue weighted by Crippen LogP contribution is 2.26. The number of unbranched alkanes of at least 4 members (excludes halogenated alkanes) is 2. The van der Waals surface area contributed by atoms with Crippen LogP contribution in [0.15, 0.2) is 97.2 Å². The van der Waals surface area contributed by atoms with Crippen molar-refractivity contribution >= 4 is 11.9 Å². The summed E-state index contributed by atoms with van der Waals surface area (Å²) in [6, 6.07) is 29.7. The minimum Gasteiger partial charge on any atom is -0.493 e. The van der Waals surface area contributed by atoms with E-state index in [0.717, 1.165) is 59.4 Å². The Morgan fingerprint density at radius 3 is 2.38 bits per heavy atom. The summed E-state index contributed by atoms with van der Waals surface area (Å²) in [5.74, 6) is -0.185. The summed E-state index contributed by atoms with van der Waals surface area (Å²) in [6.45, 7) is 0.850. The van der Waals surface area contributed by atoms with Gasteiger partial charge in [-0.05, 0) is 79.1 Å². The molecule has 39 heavy (non-hydrogen) atoms. The van der Waals surface area contributed by atoms with E-state index >= 15 is 0 Å². The van der Waals surface area contributed by atoms with Gasteiger partial charge in [-0.1, -0.05) is 60.7 Å². The molecule has 0 bridgehead atoms. The summed E-state index contributed by atoms with van der Waals surface area (Å²) in [6.07, 6.45) is 5.76. The van der Waals surface area contributed by atoms with Gasteiger partial charge >= 0.3 is 5.97 Å². The highest BCUT2D eigenvalue weighted by Gasteiger charge is 2.13. The fourth-order valence-corrected chi connectivity index (χ4v) is 4.46. The molecular weight excluding hydrogens is 488 g/mol. The molecule has 0 saturated heterocycles. The Morgan fingerprint density at radius 2 is 1.59 bits per heavy atom. The van der Waals surface area contributed by atoms with Crippen LogP contribution < -0.4 is 10.1 Å². The first-order chi connectivity index (χ1) is 19.1. The third-order valence-corrected chi connectivity index (χ3v) is 6.53. The molecule has 3 aromatic carbocycles. The van der Waals surface area contributed by atoms with Gasteiger partial charge < -0.3 is 15.2 Å². The Balaban J connectivity index is 1.41. The largest absolute Gasteiger partial charge is 0.493 e. The number of benzene rings is 3. The summed E-state index contributed by atoms with van der Waals surface area (Å²) in [5.41, 5.74) is 5.87. The molecule has 6 nitrogen and oxygen atoms in total. The number of hydrogen-bond acceptors (Lipinski definition) is 4. The van der Waals surface area contributed by atoms with Crippen molar-refractivity contribution in [3.63, 3.8) is 0 Å². The lowest BCUT2D eigenvalue weighted by molar-refractivity contribution is -0.137. The van der Waals surface area contributed by atoms with Crippen LogP contribution in [-0.2, 0) is 24.2 Å². The molecule has 0 aliphatic carbocycles. The molecule has 0 fully saturated rings. The van der Waals surface area contributed by atoms with Crippen molar-refractivity contribution < 1.29 is 19.4 Å². The number of amides is 1. The zero-order chi connectivity index (χ0) is 27.3. The smallest absolute Gasteiger partial charge is 0.303 e. The quantitative estimate of drug-likeness (QED) is 0.185. The molecule has 4 rings (SSSR count). The fourth-order valence-electron chi connectivity index (χ4n) is 4.46. The van der Waals surface area contributed by atoms with Crippen LogP contribution >= 0.6 is 0 Å². The van der Waals surface area contributed by atoms with Gasteiger partial charge in [0, 0.05) is 36.0 Å². The predicted molar refractivity (Wildman–Crippen MR) is 153 cm³/mol. The van der Waals surface area contributed by atoms with E-state index in [1.807, 2.05) is 78.9 Å². The number of nitrogens with zero attached hydrogens (tertiary/aromatic N) is 1. The maximum absolute atomic E-state index is 13.2. The number of hydrogen-bond donors (Lipinski definition) is 2.